The highest BCUT2D eigenvalue weighted by atomic mass is 127. The molecule has 1 aliphatic rings. The van der Waals surface area contributed by atoms with Gasteiger partial charge in [0.05, 0.1) is 20.8 Å². The maximum absolute atomic E-state index is 12.3. The van der Waals surface area contributed by atoms with Gasteiger partial charge in [-0.15, -0.1) is 0 Å². The van der Waals surface area contributed by atoms with Crippen molar-refractivity contribution in [2.75, 3.05) is 6.61 Å². The molecule has 0 bridgehead atoms. The maximum atomic E-state index is 12.3. The van der Waals surface area contributed by atoms with E-state index in [-0.39, 0.29) is 11.6 Å². The molecule has 29 heavy (non-hydrogen) atoms. The first kappa shape index (κ1) is 21.6. The monoisotopic (exact) mass is 545 g/mol. The lowest BCUT2D eigenvalue weighted by Crippen LogP contribution is -2.06. The van der Waals surface area contributed by atoms with Crippen LogP contribution >= 0.6 is 45.8 Å². The Morgan fingerprint density at radius 2 is 2.03 bits per heavy atom. The number of halogens is 3. The molecule has 0 aliphatic carbocycles. The minimum Gasteiger partial charge on any atom is -0.490 e. The molecule has 0 unspecified atom stereocenters. The zero-order chi connectivity index (χ0) is 21.1. The third kappa shape index (κ3) is 5.09. The lowest BCUT2D eigenvalue weighted by molar-refractivity contribution is -0.132. The number of ether oxygens (including phenoxy) is 3. The zero-order valence-corrected chi connectivity index (χ0v) is 19.0. The van der Waals surface area contributed by atoms with Gasteiger partial charge in [0.25, 0.3) is 0 Å². The first-order chi connectivity index (χ1) is 13.8. The van der Waals surface area contributed by atoms with Crippen molar-refractivity contribution in [3.8, 4) is 11.5 Å². The van der Waals surface area contributed by atoms with E-state index >= 15 is 0 Å². The molecule has 2 aromatic carbocycles. The van der Waals surface area contributed by atoms with E-state index < -0.39 is 11.9 Å². The molecule has 1 heterocycles. The average Bonchev–Trinajstić information content (AvgIpc) is 2.98. The molecular formula is C20H14Cl2INO5. The molecule has 0 N–H and O–H groups in total. The van der Waals surface area contributed by atoms with Crippen LogP contribution in [0.4, 0.5) is 0 Å². The first-order valence-corrected chi connectivity index (χ1v) is 10.2. The van der Waals surface area contributed by atoms with E-state index in [1.54, 1.807) is 36.4 Å². The summed E-state index contributed by atoms with van der Waals surface area (Å²) in [6, 6.07) is 8.20. The third-order valence-electron chi connectivity index (χ3n) is 3.66. The summed E-state index contributed by atoms with van der Waals surface area (Å²) in [5.74, 6) is -0.253. The summed E-state index contributed by atoms with van der Waals surface area (Å²) in [6.07, 6.45) is 1.56. The molecule has 1 aliphatic heterocycles. The van der Waals surface area contributed by atoms with Gasteiger partial charge in [0.1, 0.15) is 0 Å². The summed E-state index contributed by atoms with van der Waals surface area (Å²) >= 11 is 14.1. The number of carbonyl (C=O) groups is 2. The molecule has 0 aromatic heterocycles. The predicted molar refractivity (Wildman–Crippen MR) is 119 cm³/mol. The number of cyclic esters (lactones) is 1. The SMILES string of the molecule is CCOc1cc(/C=C2\N=C(c3ccc(Cl)cc3Cl)OC2=O)cc(I)c1OC(C)=O. The molecule has 0 saturated heterocycles. The Labute approximate surface area is 190 Å². The summed E-state index contributed by atoms with van der Waals surface area (Å²) < 4.78 is 16.7. The molecule has 150 valence electrons. The van der Waals surface area contributed by atoms with Crippen LogP contribution < -0.4 is 9.47 Å². The minimum absolute atomic E-state index is 0.0965. The van der Waals surface area contributed by atoms with Crippen LogP contribution in [0.2, 0.25) is 10.0 Å². The minimum atomic E-state index is -0.608. The van der Waals surface area contributed by atoms with E-state index in [0.717, 1.165) is 0 Å². The fraction of sp³-hybridized carbons (Fsp3) is 0.150. The normalized spacial score (nSPS) is 14.6. The number of aliphatic imine (C=N–C) groups is 1. The van der Waals surface area contributed by atoms with Gasteiger partial charge in [0.15, 0.2) is 17.2 Å². The van der Waals surface area contributed by atoms with Gasteiger partial charge >= 0.3 is 11.9 Å². The van der Waals surface area contributed by atoms with Gasteiger partial charge in [-0.2, -0.15) is 0 Å². The Morgan fingerprint density at radius 3 is 2.69 bits per heavy atom. The van der Waals surface area contributed by atoms with Gasteiger partial charge in [0.2, 0.25) is 5.90 Å². The predicted octanol–water partition coefficient (Wildman–Crippen LogP) is 5.27. The van der Waals surface area contributed by atoms with Gasteiger partial charge in [-0.05, 0) is 71.5 Å². The number of carbonyl (C=O) groups excluding carboxylic acids is 2. The standard InChI is InChI=1S/C20H14Cl2INO5/c1-3-27-17-8-11(6-15(23)18(17)28-10(2)25)7-16-20(26)29-19(24-16)13-5-4-12(21)9-14(13)22/h4-9H,3H2,1-2H3/b16-7-. The highest BCUT2D eigenvalue weighted by Gasteiger charge is 2.26. The van der Waals surface area contributed by atoms with E-state index in [4.69, 9.17) is 37.4 Å². The lowest BCUT2D eigenvalue weighted by Gasteiger charge is -2.12. The Kier molecular flexibility index (Phi) is 6.81. The van der Waals surface area contributed by atoms with E-state index in [2.05, 4.69) is 4.99 Å². The number of rotatable bonds is 5. The number of hydrogen-bond acceptors (Lipinski definition) is 6. The largest absolute Gasteiger partial charge is 0.490 e. The Balaban J connectivity index is 1.99. The van der Waals surface area contributed by atoms with Crippen LogP contribution in [0.25, 0.3) is 6.08 Å². The molecule has 2 aromatic rings. The number of esters is 2. The molecule has 0 saturated carbocycles. The molecule has 0 fully saturated rings. The second-order valence-corrected chi connectivity index (χ2v) is 7.82. The van der Waals surface area contributed by atoms with Crippen LogP contribution in [0.5, 0.6) is 11.5 Å². The summed E-state index contributed by atoms with van der Waals surface area (Å²) in [4.78, 5) is 27.9. The molecule has 6 nitrogen and oxygen atoms in total. The van der Waals surface area contributed by atoms with Crippen molar-refractivity contribution in [2.45, 2.75) is 13.8 Å². The van der Waals surface area contributed by atoms with E-state index in [9.17, 15) is 9.59 Å². The third-order valence-corrected chi connectivity index (χ3v) is 5.01. The van der Waals surface area contributed by atoms with Crippen molar-refractivity contribution < 1.29 is 23.8 Å². The highest BCUT2D eigenvalue weighted by Crippen LogP contribution is 2.35. The van der Waals surface area contributed by atoms with E-state index in [1.807, 2.05) is 29.5 Å². The molecule has 0 radical (unpaired) electrons. The Morgan fingerprint density at radius 1 is 1.28 bits per heavy atom. The van der Waals surface area contributed by atoms with Crippen molar-refractivity contribution in [1.29, 1.82) is 0 Å². The molecule has 9 heteroatoms. The van der Waals surface area contributed by atoms with Gasteiger partial charge < -0.3 is 14.2 Å². The van der Waals surface area contributed by atoms with Crippen molar-refractivity contribution in [3.05, 3.63) is 60.8 Å². The molecule has 0 spiro atoms. The van der Waals surface area contributed by atoms with Crippen molar-refractivity contribution >= 4 is 69.7 Å². The average molecular weight is 546 g/mol. The molecule has 0 amide bonds. The van der Waals surface area contributed by atoms with Crippen molar-refractivity contribution in [2.24, 2.45) is 4.99 Å². The second kappa shape index (κ2) is 9.15. The quantitative estimate of drug-likeness (QED) is 0.221. The molecule has 3 rings (SSSR count). The van der Waals surface area contributed by atoms with E-state index in [0.29, 0.717) is 42.8 Å². The number of hydrogen-bond donors (Lipinski definition) is 0. The second-order valence-electron chi connectivity index (χ2n) is 5.82. The van der Waals surface area contributed by atoms with Crippen molar-refractivity contribution in [1.82, 2.24) is 0 Å². The summed E-state index contributed by atoms with van der Waals surface area (Å²) in [5, 5.41) is 0.787. The highest BCUT2D eigenvalue weighted by molar-refractivity contribution is 14.1. The number of nitrogens with zero attached hydrogens (tertiary/aromatic N) is 1. The summed E-state index contributed by atoms with van der Waals surface area (Å²) in [5.41, 5.74) is 1.19. The van der Waals surface area contributed by atoms with Crippen LogP contribution in [0.15, 0.2) is 41.0 Å². The van der Waals surface area contributed by atoms with E-state index in [1.165, 1.54) is 6.92 Å². The smallest absolute Gasteiger partial charge is 0.363 e. The van der Waals surface area contributed by atoms with Crippen molar-refractivity contribution in [3.63, 3.8) is 0 Å². The Hall–Kier alpha value is -2.10. The zero-order valence-electron chi connectivity index (χ0n) is 15.3. The van der Waals surface area contributed by atoms with Gasteiger partial charge in [-0.1, -0.05) is 23.2 Å². The summed E-state index contributed by atoms with van der Waals surface area (Å²) in [7, 11) is 0. The summed E-state index contributed by atoms with van der Waals surface area (Å²) in [6.45, 7) is 3.51. The topological polar surface area (TPSA) is 74.2 Å². The molecular weight excluding hydrogens is 532 g/mol. The first-order valence-electron chi connectivity index (χ1n) is 8.41. The van der Waals surface area contributed by atoms with Crippen LogP contribution in [0.1, 0.15) is 25.0 Å². The maximum Gasteiger partial charge on any atom is 0.363 e. The van der Waals surface area contributed by atoms with Gasteiger partial charge in [-0.25, -0.2) is 9.79 Å². The van der Waals surface area contributed by atoms with Crippen LogP contribution in [0.3, 0.4) is 0 Å². The van der Waals surface area contributed by atoms with Gasteiger partial charge in [0, 0.05) is 11.9 Å². The Bertz CT molecular complexity index is 1070. The number of benzene rings is 2. The van der Waals surface area contributed by atoms with Crippen LogP contribution in [0, 0.1) is 3.57 Å². The van der Waals surface area contributed by atoms with Crippen LogP contribution in [-0.4, -0.2) is 24.4 Å². The fourth-order valence-electron chi connectivity index (χ4n) is 2.52. The lowest BCUT2D eigenvalue weighted by atomic mass is 10.1. The molecule has 0 atom stereocenters. The fourth-order valence-corrected chi connectivity index (χ4v) is 3.75. The van der Waals surface area contributed by atoms with Gasteiger partial charge in [-0.3, -0.25) is 4.79 Å². The van der Waals surface area contributed by atoms with Crippen LogP contribution in [-0.2, 0) is 14.3 Å².